The molecule has 0 unspecified atom stereocenters. The summed E-state index contributed by atoms with van der Waals surface area (Å²) in [4.78, 5) is 5.28. The van der Waals surface area contributed by atoms with Crippen molar-refractivity contribution in [3.63, 3.8) is 0 Å². The van der Waals surface area contributed by atoms with E-state index in [9.17, 15) is 0 Å². The third-order valence-electron chi connectivity index (χ3n) is 8.27. The summed E-state index contributed by atoms with van der Waals surface area (Å²) in [6, 6.07) is 11.3. The second kappa shape index (κ2) is 8.58. The molecule has 1 heterocycles. The highest BCUT2D eigenvalue weighted by atomic mass is 14.7. The Morgan fingerprint density at radius 3 is 2.03 bits per heavy atom. The van der Waals surface area contributed by atoms with Gasteiger partial charge in [0.15, 0.2) is 0 Å². The van der Waals surface area contributed by atoms with Crippen molar-refractivity contribution in [1.82, 2.24) is 4.98 Å². The molecule has 0 spiro atoms. The standard InChI is InChI=1S/C32H38N2/c1-10-32(8,9)27-14-13-25(29-22(6)20(4)19(3)21(5)23(29)7)30-26-17-18(2)11-12-24(26)28(15-16-33)34-31(27)30/h11-17H,10,33H2,1-9H3/b16-15-. The molecule has 4 rings (SSSR count). The zero-order chi connectivity index (χ0) is 24.9. The number of nitrogens with zero attached hydrogens (tertiary/aromatic N) is 1. The first-order chi connectivity index (χ1) is 16.0. The largest absolute Gasteiger partial charge is 0.405 e. The summed E-state index contributed by atoms with van der Waals surface area (Å²) in [7, 11) is 0. The van der Waals surface area contributed by atoms with E-state index in [1.807, 2.05) is 6.08 Å². The minimum atomic E-state index is 0.00811. The minimum absolute atomic E-state index is 0.00811. The van der Waals surface area contributed by atoms with Gasteiger partial charge in [-0.25, -0.2) is 4.98 Å². The lowest BCUT2D eigenvalue weighted by atomic mass is 9.78. The predicted molar refractivity (Wildman–Crippen MR) is 150 cm³/mol. The molecule has 34 heavy (non-hydrogen) atoms. The van der Waals surface area contributed by atoms with Crippen LogP contribution in [0.3, 0.4) is 0 Å². The molecule has 4 aromatic rings. The zero-order valence-corrected chi connectivity index (χ0v) is 22.3. The predicted octanol–water partition coefficient (Wildman–Crippen LogP) is 8.52. The average Bonchev–Trinajstić information content (AvgIpc) is 2.81. The molecule has 0 saturated carbocycles. The summed E-state index contributed by atoms with van der Waals surface area (Å²) in [5, 5.41) is 3.64. The Labute approximate surface area is 204 Å². The summed E-state index contributed by atoms with van der Waals surface area (Å²) in [6.07, 6.45) is 4.57. The first-order valence-corrected chi connectivity index (χ1v) is 12.4. The van der Waals surface area contributed by atoms with Gasteiger partial charge in [-0.1, -0.05) is 56.7 Å². The Morgan fingerprint density at radius 2 is 1.44 bits per heavy atom. The van der Waals surface area contributed by atoms with Crippen LogP contribution in [0.2, 0.25) is 0 Å². The van der Waals surface area contributed by atoms with Gasteiger partial charge in [0.25, 0.3) is 0 Å². The van der Waals surface area contributed by atoms with E-state index in [1.54, 1.807) is 6.20 Å². The Kier molecular flexibility index (Phi) is 6.06. The van der Waals surface area contributed by atoms with Crippen LogP contribution in [-0.2, 0) is 5.41 Å². The van der Waals surface area contributed by atoms with Gasteiger partial charge in [0.2, 0.25) is 0 Å². The number of aryl methyl sites for hydroxylation is 1. The molecule has 2 nitrogen and oxygen atoms in total. The van der Waals surface area contributed by atoms with Crippen molar-refractivity contribution in [3.05, 3.63) is 81.2 Å². The molecule has 0 aliphatic heterocycles. The van der Waals surface area contributed by atoms with Gasteiger partial charge in [-0.3, -0.25) is 0 Å². The number of aromatic nitrogens is 1. The van der Waals surface area contributed by atoms with Gasteiger partial charge in [0.05, 0.1) is 11.2 Å². The van der Waals surface area contributed by atoms with Crippen molar-refractivity contribution in [1.29, 1.82) is 0 Å². The Morgan fingerprint density at radius 1 is 0.824 bits per heavy atom. The van der Waals surface area contributed by atoms with Gasteiger partial charge in [-0.15, -0.1) is 0 Å². The van der Waals surface area contributed by atoms with Gasteiger partial charge in [0.1, 0.15) is 0 Å². The van der Waals surface area contributed by atoms with Gasteiger partial charge < -0.3 is 5.73 Å². The highest BCUT2D eigenvalue weighted by Gasteiger charge is 2.26. The smallest absolute Gasteiger partial charge is 0.0759 e. The number of hydrogen-bond acceptors (Lipinski definition) is 2. The van der Waals surface area contributed by atoms with Gasteiger partial charge in [-0.2, -0.15) is 0 Å². The molecule has 2 heteroatoms. The molecule has 0 fully saturated rings. The van der Waals surface area contributed by atoms with E-state index < -0.39 is 0 Å². The van der Waals surface area contributed by atoms with Crippen molar-refractivity contribution in [2.75, 3.05) is 0 Å². The Hall–Kier alpha value is -3.13. The van der Waals surface area contributed by atoms with Crippen LogP contribution in [0.5, 0.6) is 0 Å². The van der Waals surface area contributed by atoms with Crippen LogP contribution in [0.1, 0.15) is 71.8 Å². The molecule has 0 aliphatic rings. The molecular formula is C32H38N2. The maximum atomic E-state index is 5.86. The Bertz CT molecular complexity index is 1440. The van der Waals surface area contributed by atoms with Crippen LogP contribution in [0.15, 0.2) is 36.5 Å². The van der Waals surface area contributed by atoms with E-state index in [2.05, 4.69) is 92.6 Å². The number of nitrogens with two attached hydrogens (primary N) is 1. The summed E-state index contributed by atoms with van der Waals surface area (Å²) in [6.45, 7) is 20.3. The first-order valence-electron chi connectivity index (χ1n) is 12.4. The van der Waals surface area contributed by atoms with Crippen molar-refractivity contribution in [3.8, 4) is 11.1 Å². The third-order valence-corrected chi connectivity index (χ3v) is 8.27. The fourth-order valence-corrected chi connectivity index (χ4v) is 5.32. The normalized spacial score (nSPS) is 12.4. The van der Waals surface area contributed by atoms with E-state index in [4.69, 9.17) is 10.7 Å². The van der Waals surface area contributed by atoms with E-state index in [0.717, 1.165) is 23.0 Å². The molecular weight excluding hydrogens is 412 g/mol. The lowest BCUT2D eigenvalue weighted by Gasteiger charge is -2.27. The third kappa shape index (κ3) is 3.60. The van der Waals surface area contributed by atoms with Crippen molar-refractivity contribution in [2.24, 2.45) is 5.73 Å². The van der Waals surface area contributed by atoms with E-state index in [-0.39, 0.29) is 5.41 Å². The van der Waals surface area contributed by atoms with Crippen LogP contribution in [0, 0.1) is 41.5 Å². The fourth-order valence-electron chi connectivity index (χ4n) is 5.32. The molecule has 2 N–H and O–H groups in total. The molecule has 0 aliphatic carbocycles. The molecule has 3 aromatic carbocycles. The highest BCUT2D eigenvalue weighted by Crippen LogP contribution is 2.44. The second-order valence-electron chi connectivity index (χ2n) is 10.5. The first kappa shape index (κ1) is 24.0. The highest BCUT2D eigenvalue weighted by molar-refractivity contribution is 6.16. The van der Waals surface area contributed by atoms with E-state index in [1.165, 1.54) is 60.8 Å². The van der Waals surface area contributed by atoms with Gasteiger partial charge >= 0.3 is 0 Å². The minimum Gasteiger partial charge on any atom is -0.405 e. The van der Waals surface area contributed by atoms with Crippen molar-refractivity contribution < 1.29 is 0 Å². The average molecular weight is 451 g/mol. The number of pyridine rings is 1. The van der Waals surface area contributed by atoms with Gasteiger partial charge in [0, 0.05) is 10.8 Å². The summed E-state index contributed by atoms with van der Waals surface area (Å²) in [5.41, 5.74) is 19.9. The van der Waals surface area contributed by atoms with Crippen LogP contribution < -0.4 is 5.73 Å². The number of fused-ring (bicyclic) bond motifs is 3. The van der Waals surface area contributed by atoms with Crippen molar-refractivity contribution >= 4 is 27.8 Å². The molecule has 0 bridgehead atoms. The maximum Gasteiger partial charge on any atom is 0.0759 e. The van der Waals surface area contributed by atoms with E-state index >= 15 is 0 Å². The quantitative estimate of drug-likeness (QED) is 0.316. The number of hydrogen-bond donors (Lipinski definition) is 1. The van der Waals surface area contributed by atoms with Crippen LogP contribution in [-0.4, -0.2) is 4.98 Å². The second-order valence-corrected chi connectivity index (χ2v) is 10.5. The van der Waals surface area contributed by atoms with Crippen LogP contribution >= 0.6 is 0 Å². The lowest BCUT2D eigenvalue weighted by molar-refractivity contribution is 0.510. The monoisotopic (exact) mass is 450 g/mol. The Balaban J connectivity index is 2.32. The molecule has 1 aromatic heterocycles. The molecule has 0 radical (unpaired) electrons. The number of benzene rings is 3. The van der Waals surface area contributed by atoms with Crippen LogP contribution in [0.4, 0.5) is 0 Å². The lowest BCUT2D eigenvalue weighted by Crippen LogP contribution is -2.17. The summed E-state index contributed by atoms with van der Waals surface area (Å²) in [5.74, 6) is 0. The SMILES string of the molecule is CCC(C)(C)c1ccc(-c2c(C)c(C)c(C)c(C)c2C)c2c1nc(/C=C\N)c1ccc(C)cc12. The summed E-state index contributed by atoms with van der Waals surface area (Å²) >= 11 is 0. The molecule has 176 valence electrons. The molecule has 0 saturated heterocycles. The van der Waals surface area contributed by atoms with Crippen molar-refractivity contribution in [2.45, 2.75) is 74.1 Å². The zero-order valence-electron chi connectivity index (χ0n) is 22.3. The fraction of sp³-hybridized carbons (Fsp3) is 0.344. The van der Waals surface area contributed by atoms with E-state index in [0.29, 0.717) is 0 Å². The maximum absolute atomic E-state index is 5.86. The molecule has 0 amide bonds. The van der Waals surface area contributed by atoms with Gasteiger partial charge in [-0.05, 0) is 116 Å². The number of rotatable bonds is 4. The van der Waals surface area contributed by atoms with Crippen LogP contribution in [0.25, 0.3) is 38.9 Å². The summed E-state index contributed by atoms with van der Waals surface area (Å²) < 4.78 is 0. The molecule has 0 atom stereocenters. The topological polar surface area (TPSA) is 38.9 Å².